The monoisotopic (exact) mass is 286 g/mol. The van der Waals surface area contributed by atoms with Crippen LogP contribution >= 0.6 is 0 Å². The summed E-state index contributed by atoms with van der Waals surface area (Å²) in [6.45, 7) is -0.181. The summed E-state index contributed by atoms with van der Waals surface area (Å²) in [5, 5.41) is 2.71. The number of nitrogens with zero attached hydrogens (tertiary/aromatic N) is 1. The first-order valence-corrected chi connectivity index (χ1v) is 7.37. The molecular weight excluding hydrogens is 268 g/mol. The lowest BCUT2D eigenvalue weighted by atomic mass is 9.81. The van der Waals surface area contributed by atoms with Crippen LogP contribution in [0.5, 0.6) is 0 Å². The highest BCUT2D eigenvalue weighted by molar-refractivity contribution is 6.08. The Balaban J connectivity index is 1.66. The number of likely N-dealkylation sites (tertiary alicyclic amines) is 1. The van der Waals surface area contributed by atoms with E-state index >= 15 is 0 Å². The molecule has 1 aliphatic carbocycles. The molecule has 1 N–H and O–H groups in total. The summed E-state index contributed by atoms with van der Waals surface area (Å²) in [6.07, 6.45) is 3.52. The molecule has 1 aromatic rings. The number of imide groups is 1. The zero-order valence-electron chi connectivity index (χ0n) is 11.7. The van der Waals surface area contributed by atoms with Gasteiger partial charge in [0, 0.05) is 5.69 Å². The van der Waals surface area contributed by atoms with E-state index in [4.69, 9.17) is 0 Å². The fraction of sp³-hybridized carbons (Fsp3) is 0.438. The third kappa shape index (κ3) is 2.68. The van der Waals surface area contributed by atoms with Crippen molar-refractivity contribution in [2.24, 2.45) is 11.8 Å². The van der Waals surface area contributed by atoms with Crippen LogP contribution in [-0.4, -0.2) is 29.2 Å². The topological polar surface area (TPSA) is 66.5 Å². The van der Waals surface area contributed by atoms with Crippen LogP contribution in [0.2, 0.25) is 0 Å². The van der Waals surface area contributed by atoms with Crippen molar-refractivity contribution < 1.29 is 14.4 Å². The standard InChI is InChI=1S/C16H18N2O3/c19-14(17-11-6-2-1-3-7-11)10-18-15(20)12-8-4-5-9-13(12)16(18)21/h1-3,6-7,12-13H,4-5,8-10H2,(H,17,19)/t12-,13+. The van der Waals surface area contributed by atoms with Gasteiger partial charge in [0.15, 0.2) is 0 Å². The lowest BCUT2D eigenvalue weighted by molar-refractivity contribution is -0.142. The minimum Gasteiger partial charge on any atom is -0.325 e. The van der Waals surface area contributed by atoms with E-state index in [1.165, 1.54) is 0 Å². The van der Waals surface area contributed by atoms with Crippen LogP contribution in [0, 0.1) is 11.8 Å². The number of hydrogen-bond acceptors (Lipinski definition) is 3. The Morgan fingerprint density at radius 3 is 2.19 bits per heavy atom. The summed E-state index contributed by atoms with van der Waals surface area (Å²) in [5.74, 6) is -1.08. The predicted octanol–water partition coefficient (Wildman–Crippen LogP) is 1.80. The Morgan fingerprint density at radius 2 is 1.62 bits per heavy atom. The number of benzene rings is 1. The smallest absolute Gasteiger partial charge is 0.244 e. The van der Waals surface area contributed by atoms with Crippen LogP contribution in [0.25, 0.3) is 0 Å². The van der Waals surface area contributed by atoms with Crippen molar-refractivity contribution in [2.75, 3.05) is 11.9 Å². The second kappa shape index (κ2) is 5.68. The van der Waals surface area contributed by atoms with E-state index in [9.17, 15) is 14.4 Å². The van der Waals surface area contributed by atoms with Gasteiger partial charge in [0.2, 0.25) is 17.7 Å². The SMILES string of the molecule is O=C(CN1C(=O)[C@H]2CCCC[C@H]2C1=O)Nc1ccccc1. The lowest BCUT2D eigenvalue weighted by Gasteiger charge is -2.19. The summed E-state index contributed by atoms with van der Waals surface area (Å²) >= 11 is 0. The molecule has 5 heteroatoms. The Hall–Kier alpha value is -2.17. The van der Waals surface area contributed by atoms with Crippen LogP contribution in [0.1, 0.15) is 25.7 Å². The molecule has 3 rings (SSSR count). The van der Waals surface area contributed by atoms with Crippen molar-refractivity contribution in [1.29, 1.82) is 0 Å². The maximum atomic E-state index is 12.3. The molecule has 0 bridgehead atoms. The van der Waals surface area contributed by atoms with Crippen molar-refractivity contribution in [3.63, 3.8) is 0 Å². The molecule has 21 heavy (non-hydrogen) atoms. The molecule has 5 nitrogen and oxygen atoms in total. The second-order valence-corrected chi connectivity index (χ2v) is 5.67. The summed E-state index contributed by atoms with van der Waals surface area (Å²) in [7, 11) is 0. The molecule has 0 unspecified atom stereocenters. The highest BCUT2D eigenvalue weighted by atomic mass is 16.2. The van der Waals surface area contributed by atoms with Gasteiger partial charge in [-0.15, -0.1) is 0 Å². The summed E-state index contributed by atoms with van der Waals surface area (Å²) in [6, 6.07) is 9.02. The molecule has 1 aliphatic heterocycles. The van der Waals surface area contributed by atoms with Gasteiger partial charge in [-0.05, 0) is 25.0 Å². The molecule has 1 saturated heterocycles. The molecule has 2 aliphatic rings. The Morgan fingerprint density at radius 1 is 1.05 bits per heavy atom. The average Bonchev–Trinajstić information content (AvgIpc) is 2.74. The van der Waals surface area contributed by atoms with Crippen molar-refractivity contribution >= 4 is 23.4 Å². The number of anilines is 1. The number of rotatable bonds is 3. The lowest BCUT2D eigenvalue weighted by Crippen LogP contribution is -2.38. The van der Waals surface area contributed by atoms with Gasteiger partial charge in [-0.1, -0.05) is 31.0 Å². The van der Waals surface area contributed by atoms with E-state index in [2.05, 4.69) is 5.32 Å². The largest absolute Gasteiger partial charge is 0.325 e. The van der Waals surface area contributed by atoms with Crippen LogP contribution in [-0.2, 0) is 14.4 Å². The molecule has 0 spiro atoms. The molecule has 3 amide bonds. The highest BCUT2D eigenvalue weighted by Crippen LogP contribution is 2.37. The minimum absolute atomic E-state index is 0.173. The normalized spacial score (nSPS) is 24.9. The minimum atomic E-state index is -0.332. The maximum absolute atomic E-state index is 12.3. The van der Waals surface area contributed by atoms with Crippen molar-refractivity contribution in [2.45, 2.75) is 25.7 Å². The van der Waals surface area contributed by atoms with Gasteiger partial charge in [0.05, 0.1) is 11.8 Å². The molecule has 1 heterocycles. The van der Waals surface area contributed by atoms with Gasteiger partial charge >= 0.3 is 0 Å². The van der Waals surface area contributed by atoms with Gasteiger partial charge in [-0.3, -0.25) is 19.3 Å². The Labute approximate surface area is 123 Å². The van der Waals surface area contributed by atoms with Gasteiger partial charge in [0.25, 0.3) is 0 Å². The first kappa shape index (κ1) is 13.8. The van der Waals surface area contributed by atoms with E-state index in [-0.39, 0.29) is 36.1 Å². The zero-order chi connectivity index (χ0) is 14.8. The summed E-state index contributed by atoms with van der Waals surface area (Å²) in [5.41, 5.74) is 0.666. The third-order valence-electron chi connectivity index (χ3n) is 4.29. The van der Waals surface area contributed by atoms with Crippen molar-refractivity contribution in [3.05, 3.63) is 30.3 Å². The molecule has 2 atom stereocenters. The molecule has 2 fully saturated rings. The fourth-order valence-corrected chi connectivity index (χ4v) is 3.25. The van der Waals surface area contributed by atoms with E-state index in [0.717, 1.165) is 30.6 Å². The summed E-state index contributed by atoms with van der Waals surface area (Å²) < 4.78 is 0. The Bertz CT molecular complexity index is 546. The third-order valence-corrected chi connectivity index (χ3v) is 4.29. The zero-order valence-corrected chi connectivity index (χ0v) is 11.7. The Kier molecular flexibility index (Phi) is 3.73. The maximum Gasteiger partial charge on any atom is 0.244 e. The molecule has 0 radical (unpaired) electrons. The number of para-hydroxylation sites is 1. The van der Waals surface area contributed by atoms with Gasteiger partial charge < -0.3 is 5.32 Å². The number of carbonyl (C=O) groups is 3. The van der Waals surface area contributed by atoms with Crippen LogP contribution in [0.15, 0.2) is 30.3 Å². The summed E-state index contributed by atoms with van der Waals surface area (Å²) in [4.78, 5) is 37.7. The first-order chi connectivity index (χ1) is 10.2. The van der Waals surface area contributed by atoms with Crippen LogP contribution in [0.4, 0.5) is 5.69 Å². The number of amides is 3. The molecule has 0 aromatic heterocycles. The second-order valence-electron chi connectivity index (χ2n) is 5.67. The predicted molar refractivity (Wildman–Crippen MR) is 77.2 cm³/mol. The number of fused-ring (bicyclic) bond motifs is 1. The average molecular weight is 286 g/mol. The first-order valence-electron chi connectivity index (χ1n) is 7.37. The highest BCUT2D eigenvalue weighted by Gasteiger charge is 2.48. The number of carbonyl (C=O) groups excluding carboxylic acids is 3. The number of hydrogen-bond donors (Lipinski definition) is 1. The molecular formula is C16H18N2O3. The molecule has 1 aromatic carbocycles. The molecule has 1 saturated carbocycles. The fourth-order valence-electron chi connectivity index (χ4n) is 3.25. The number of nitrogens with one attached hydrogen (secondary N) is 1. The van der Waals surface area contributed by atoms with Crippen molar-refractivity contribution in [3.8, 4) is 0 Å². The van der Waals surface area contributed by atoms with Crippen LogP contribution < -0.4 is 5.32 Å². The van der Waals surface area contributed by atoms with E-state index in [0.29, 0.717) is 5.69 Å². The quantitative estimate of drug-likeness (QED) is 0.862. The van der Waals surface area contributed by atoms with Gasteiger partial charge in [0.1, 0.15) is 6.54 Å². The van der Waals surface area contributed by atoms with Crippen LogP contribution in [0.3, 0.4) is 0 Å². The van der Waals surface area contributed by atoms with Gasteiger partial charge in [-0.25, -0.2) is 0 Å². The van der Waals surface area contributed by atoms with E-state index < -0.39 is 0 Å². The van der Waals surface area contributed by atoms with Crippen molar-refractivity contribution in [1.82, 2.24) is 4.90 Å². The van der Waals surface area contributed by atoms with E-state index in [1.807, 2.05) is 18.2 Å². The van der Waals surface area contributed by atoms with E-state index in [1.54, 1.807) is 12.1 Å². The van der Waals surface area contributed by atoms with Gasteiger partial charge in [-0.2, -0.15) is 0 Å². The molecule has 110 valence electrons.